The molecule has 19 heavy (non-hydrogen) atoms. The molecule has 0 amide bonds. The molecule has 0 atom stereocenters. The van der Waals surface area contributed by atoms with Crippen LogP contribution in [0.5, 0.6) is 0 Å². The highest BCUT2D eigenvalue weighted by atomic mass is 79.9. The second-order valence-corrected chi connectivity index (χ2v) is 4.81. The van der Waals surface area contributed by atoms with Crippen LogP contribution in [-0.4, -0.2) is 21.5 Å². The molecule has 2 heterocycles. The van der Waals surface area contributed by atoms with Crippen molar-refractivity contribution < 1.29 is 0 Å². The number of hydrogen-bond acceptors (Lipinski definition) is 5. The number of aromatic nitrogens is 3. The molecule has 0 saturated heterocycles. The Morgan fingerprint density at radius 1 is 1.11 bits per heavy atom. The summed E-state index contributed by atoms with van der Waals surface area (Å²) in [5.41, 5.74) is 1.16. The van der Waals surface area contributed by atoms with Gasteiger partial charge < -0.3 is 10.6 Å². The van der Waals surface area contributed by atoms with Gasteiger partial charge in [0.05, 0.1) is 0 Å². The van der Waals surface area contributed by atoms with Crippen LogP contribution >= 0.6 is 15.9 Å². The van der Waals surface area contributed by atoms with Crippen LogP contribution in [0, 0.1) is 0 Å². The molecule has 6 heteroatoms. The molecule has 0 radical (unpaired) electrons. The van der Waals surface area contributed by atoms with Crippen molar-refractivity contribution in [3.8, 4) is 0 Å². The SMILES string of the molecule is CCCNc1ncnc(NCc2ccncc2)c1Br. The molecule has 0 aliphatic rings. The van der Waals surface area contributed by atoms with E-state index in [4.69, 9.17) is 0 Å². The molecule has 0 aromatic carbocycles. The third-order valence-electron chi connectivity index (χ3n) is 2.54. The summed E-state index contributed by atoms with van der Waals surface area (Å²) in [6.07, 6.45) is 6.16. The fourth-order valence-electron chi connectivity index (χ4n) is 1.55. The maximum atomic E-state index is 4.24. The van der Waals surface area contributed by atoms with Gasteiger partial charge in [0.15, 0.2) is 0 Å². The van der Waals surface area contributed by atoms with Crippen LogP contribution in [0.3, 0.4) is 0 Å². The second kappa shape index (κ2) is 7.04. The molecule has 0 spiro atoms. The first-order valence-electron chi connectivity index (χ1n) is 6.18. The summed E-state index contributed by atoms with van der Waals surface area (Å²) in [6, 6.07) is 3.94. The maximum absolute atomic E-state index is 4.24. The lowest BCUT2D eigenvalue weighted by atomic mass is 10.3. The van der Waals surface area contributed by atoms with Gasteiger partial charge in [-0.15, -0.1) is 0 Å². The Morgan fingerprint density at radius 2 is 1.79 bits per heavy atom. The van der Waals surface area contributed by atoms with Crippen LogP contribution in [0.1, 0.15) is 18.9 Å². The summed E-state index contributed by atoms with van der Waals surface area (Å²) in [5, 5.41) is 6.53. The van der Waals surface area contributed by atoms with E-state index in [-0.39, 0.29) is 0 Å². The highest BCUT2D eigenvalue weighted by molar-refractivity contribution is 9.10. The largest absolute Gasteiger partial charge is 0.369 e. The summed E-state index contributed by atoms with van der Waals surface area (Å²) in [5.74, 6) is 1.60. The number of hydrogen-bond donors (Lipinski definition) is 2. The summed E-state index contributed by atoms with van der Waals surface area (Å²) in [4.78, 5) is 12.4. The molecule has 0 fully saturated rings. The van der Waals surface area contributed by atoms with Gasteiger partial charge in [-0.3, -0.25) is 4.98 Å². The van der Waals surface area contributed by atoms with Crippen LogP contribution in [0.2, 0.25) is 0 Å². The predicted molar refractivity (Wildman–Crippen MR) is 80.1 cm³/mol. The third-order valence-corrected chi connectivity index (χ3v) is 3.29. The van der Waals surface area contributed by atoms with Crippen molar-refractivity contribution in [1.82, 2.24) is 15.0 Å². The van der Waals surface area contributed by atoms with Gasteiger partial charge in [-0.1, -0.05) is 6.92 Å². The van der Waals surface area contributed by atoms with Gasteiger partial charge in [-0.05, 0) is 40.0 Å². The van der Waals surface area contributed by atoms with Crippen LogP contribution < -0.4 is 10.6 Å². The van der Waals surface area contributed by atoms with E-state index >= 15 is 0 Å². The van der Waals surface area contributed by atoms with E-state index in [0.29, 0.717) is 6.54 Å². The van der Waals surface area contributed by atoms with Crippen LogP contribution in [0.4, 0.5) is 11.6 Å². The van der Waals surface area contributed by atoms with Crippen molar-refractivity contribution in [2.24, 2.45) is 0 Å². The zero-order valence-corrected chi connectivity index (χ0v) is 12.3. The topological polar surface area (TPSA) is 62.7 Å². The fraction of sp³-hybridized carbons (Fsp3) is 0.308. The molecule has 0 bridgehead atoms. The van der Waals surface area contributed by atoms with Gasteiger partial charge >= 0.3 is 0 Å². The zero-order valence-electron chi connectivity index (χ0n) is 10.7. The third kappa shape index (κ3) is 3.89. The standard InChI is InChI=1S/C13H16BrN5/c1-2-5-16-12-11(14)13(19-9-18-12)17-8-10-3-6-15-7-4-10/h3-4,6-7,9H,2,5,8H2,1H3,(H2,16,17,18,19). The number of halogens is 1. The molecule has 2 N–H and O–H groups in total. The molecule has 2 rings (SSSR count). The molecule has 100 valence electrons. The van der Waals surface area contributed by atoms with Gasteiger partial charge in [0.1, 0.15) is 22.4 Å². The average Bonchev–Trinajstić information content (AvgIpc) is 2.46. The second-order valence-electron chi connectivity index (χ2n) is 4.02. The first-order chi connectivity index (χ1) is 9.31. The Labute approximate surface area is 121 Å². The molecule has 0 aliphatic carbocycles. The lowest BCUT2D eigenvalue weighted by Crippen LogP contribution is -2.07. The number of rotatable bonds is 6. The van der Waals surface area contributed by atoms with Crippen molar-refractivity contribution >= 4 is 27.6 Å². The number of nitrogens with one attached hydrogen (secondary N) is 2. The van der Waals surface area contributed by atoms with E-state index in [1.54, 1.807) is 18.7 Å². The normalized spacial score (nSPS) is 10.2. The minimum atomic E-state index is 0.700. The number of anilines is 2. The Hall–Kier alpha value is -1.69. The van der Waals surface area contributed by atoms with Gasteiger partial charge in [0.25, 0.3) is 0 Å². The Balaban J connectivity index is 2.04. The molecular weight excluding hydrogens is 306 g/mol. The van der Waals surface area contributed by atoms with Gasteiger partial charge in [-0.2, -0.15) is 0 Å². The highest BCUT2D eigenvalue weighted by Gasteiger charge is 2.07. The summed E-state index contributed by atoms with van der Waals surface area (Å²) < 4.78 is 0.859. The smallest absolute Gasteiger partial charge is 0.146 e. The van der Waals surface area contributed by atoms with Crippen molar-refractivity contribution in [3.63, 3.8) is 0 Å². The highest BCUT2D eigenvalue weighted by Crippen LogP contribution is 2.26. The minimum absolute atomic E-state index is 0.700. The zero-order chi connectivity index (χ0) is 13.5. The quantitative estimate of drug-likeness (QED) is 0.856. The maximum Gasteiger partial charge on any atom is 0.146 e. The average molecular weight is 322 g/mol. The van der Waals surface area contributed by atoms with Crippen molar-refractivity contribution in [2.45, 2.75) is 19.9 Å². The fourth-order valence-corrected chi connectivity index (χ4v) is 2.03. The van der Waals surface area contributed by atoms with Gasteiger partial charge in [0, 0.05) is 25.5 Å². The molecule has 0 aliphatic heterocycles. The summed E-state index contributed by atoms with van der Waals surface area (Å²) >= 11 is 3.52. The lowest BCUT2D eigenvalue weighted by molar-refractivity contribution is 0.960. The van der Waals surface area contributed by atoms with E-state index in [0.717, 1.165) is 34.6 Å². The van der Waals surface area contributed by atoms with Gasteiger partial charge in [0.2, 0.25) is 0 Å². The van der Waals surface area contributed by atoms with Crippen LogP contribution in [0.25, 0.3) is 0 Å². The van der Waals surface area contributed by atoms with Gasteiger partial charge in [-0.25, -0.2) is 9.97 Å². The predicted octanol–water partition coefficient (Wildman–Crippen LogP) is 3.07. The van der Waals surface area contributed by atoms with Crippen molar-refractivity contribution in [1.29, 1.82) is 0 Å². The van der Waals surface area contributed by atoms with Crippen molar-refractivity contribution in [2.75, 3.05) is 17.2 Å². The van der Waals surface area contributed by atoms with E-state index < -0.39 is 0 Å². The number of nitrogens with zero attached hydrogens (tertiary/aromatic N) is 3. The Bertz CT molecular complexity index is 518. The van der Waals surface area contributed by atoms with E-state index in [1.165, 1.54) is 0 Å². The molecule has 0 unspecified atom stereocenters. The molecule has 2 aromatic heterocycles. The molecular formula is C13H16BrN5. The van der Waals surface area contributed by atoms with E-state index in [1.807, 2.05) is 12.1 Å². The molecule has 2 aromatic rings. The van der Waals surface area contributed by atoms with Crippen LogP contribution in [0.15, 0.2) is 35.3 Å². The summed E-state index contributed by atoms with van der Waals surface area (Å²) in [6.45, 7) is 3.70. The first-order valence-corrected chi connectivity index (χ1v) is 6.97. The summed E-state index contributed by atoms with van der Waals surface area (Å²) in [7, 11) is 0. The first kappa shape index (κ1) is 13.7. The number of pyridine rings is 1. The van der Waals surface area contributed by atoms with E-state index in [9.17, 15) is 0 Å². The lowest BCUT2D eigenvalue weighted by Gasteiger charge is -2.11. The molecule has 5 nitrogen and oxygen atoms in total. The van der Waals surface area contributed by atoms with Crippen LogP contribution in [-0.2, 0) is 6.54 Å². The van der Waals surface area contributed by atoms with E-state index in [2.05, 4.69) is 48.4 Å². The Kier molecular flexibility index (Phi) is 5.09. The Morgan fingerprint density at radius 3 is 2.47 bits per heavy atom. The molecule has 0 saturated carbocycles. The minimum Gasteiger partial charge on any atom is -0.369 e. The van der Waals surface area contributed by atoms with Crippen molar-refractivity contribution in [3.05, 3.63) is 40.9 Å². The monoisotopic (exact) mass is 321 g/mol.